The summed E-state index contributed by atoms with van der Waals surface area (Å²) >= 11 is 0. The van der Waals surface area contributed by atoms with Crippen molar-refractivity contribution in [2.24, 2.45) is 0 Å². The van der Waals surface area contributed by atoms with E-state index in [1.807, 2.05) is 0 Å². The van der Waals surface area contributed by atoms with Gasteiger partial charge in [-0.15, -0.1) is 0 Å². The third kappa shape index (κ3) is 3.05. The highest BCUT2D eigenvalue weighted by Gasteiger charge is 2.36. The molecule has 1 aliphatic rings. The van der Waals surface area contributed by atoms with Crippen LogP contribution in [0.15, 0.2) is 23.1 Å². The first kappa shape index (κ1) is 15.4. The molecule has 0 aromatic heterocycles. The Morgan fingerprint density at radius 3 is 2.67 bits per heavy atom. The van der Waals surface area contributed by atoms with Crippen molar-refractivity contribution in [3.8, 4) is 0 Å². The Hall–Kier alpha value is -1.96. The van der Waals surface area contributed by atoms with E-state index >= 15 is 0 Å². The molecule has 1 fully saturated rings. The highest BCUT2D eigenvalue weighted by molar-refractivity contribution is 7.92. The molecule has 6 nitrogen and oxygen atoms in total. The highest BCUT2D eigenvalue weighted by atomic mass is 32.2. The van der Waals surface area contributed by atoms with E-state index in [1.165, 1.54) is 0 Å². The van der Waals surface area contributed by atoms with Crippen LogP contribution < -0.4 is 5.32 Å². The fourth-order valence-electron chi connectivity index (χ4n) is 2.23. The van der Waals surface area contributed by atoms with Crippen molar-refractivity contribution in [2.75, 3.05) is 6.54 Å². The molecule has 21 heavy (non-hydrogen) atoms. The van der Waals surface area contributed by atoms with Gasteiger partial charge in [-0.25, -0.2) is 17.6 Å². The number of carbonyl (C=O) groups excluding carboxylic acids is 1. The van der Waals surface area contributed by atoms with Gasteiger partial charge in [-0.2, -0.15) is 0 Å². The third-order valence-corrected chi connectivity index (χ3v) is 5.49. The van der Waals surface area contributed by atoms with E-state index in [2.05, 4.69) is 5.32 Å². The number of sulfone groups is 1. The second kappa shape index (κ2) is 5.80. The molecule has 0 radical (unpaired) electrons. The number of benzene rings is 1. The molecule has 8 heteroatoms. The van der Waals surface area contributed by atoms with Gasteiger partial charge in [-0.05, 0) is 37.5 Å². The Balaban J connectivity index is 2.43. The molecule has 0 aliphatic carbocycles. The Kier molecular flexibility index (Phi) is 4.26. The van der Waals surface area contributed by atoms with Crippen LogP contribution in [0.5, 0.6) is 0 Å². The maximum absolute atomic E-state index is 13.9. The average molecular weight is 315 g/mol. The van der Waals surface area contributed by atoms with Gasteiger partial charge in [0.1, 0.15) is 16.0 Å². The van der Waals surface area contributed by atoms with Crippen LogP contribution in [0.4, 0.5) is 4.39 Å². The number of amides is 1. The molecule has 1 unspecified atom stereocenters. The Labute approximate surface area is 120 Å². The number of hydrogen-bond acceptors (Lipinski definition) is 4. The topological polar surface area (TPSA) is 101 Å². The first-order chi connectivity index (χ1) is 9.84. The summed E-state index contributed by atoms with van der Waals surface area (Å²) in [6.45, 7) is 0.394. The van der Waals surface area contributed by atoms with Crippen molar-refractivity contribution >= 4 is 21.7 Å². The van der Waals surface area contributed by atoms with Gasteiger partial charge in [0.05, 0.1) is 5.56 Å². The van der Waals surface area contributed by atoms with E-state index in [0.29, 0.717) is 25.5 Å². The molecule has 0 saturated carbocycles. The third-order valence-electron chi connectivity index (χ3n) is 3.34. The molecule has 114 valence electrons. The Bertz CT molecular complexity index is 686. The van der Waals surface area contributed by atoms with Gasteiger partial charge in [0.15, 0.2) is 9.84 Å². The number of rotatable bonds is 3. The molecule has 0 spiro atoms. The van der Waals surface area contributed by atoms with Crippen LogP contribution in [-0.4, -0.2) is 37.2 Å². The number of hydrogen-bond donors (Lipinski definition) is 2. The molecule has 1 aliphatic heterocycles. The zero-order chi connectivity index (χ0) is 15.6. The fourth-order valence-corrected chi connectivity index (χ4v) is 3.96. The second-order valence-corrected chi connectivity index (χ2v) is 6.87. The predicted octanol–water partition coefficient (Wildman–Crippen LogP) is 0.966. The van der Waals surface area contributed by atoms with Gasteiger partial charge in [0.25, 0.3) is 0 Å². The molecule has 1 saturated heterocycles. The molecule has 2 N–H and O–H groups in total. The first-order valence-corrected chi connectivity index (χ1v) is 7.93. The minimum Gasteiger partial charge on any atom is -0.478 e. The van der Waals surface area contributed by atoms with E-state index in [9.17, 15) is 22.4 Å². The normalized spacial score (nSPS) is 19.7. The predicted molar refractivity (Wildman–Crippen MR) is 71.2 cm³/mol. The largest absolute Gasteiger partial charge is 0.478 e. The molecule has 1 aromatic carbocycles. The Morgan fingerprint density at radius 1 is 1.33 bits per heavy atom. The number of halogens is 1. The fraction of sp³-hybridized carbons (Fsp3) is 0.385. The molecule has 1 heterocycles. The Morgan fingerprint density at radius 2 is 2.05 bits per heavy atom. The quantitative estimate of drug-likeness (QED) is 0.865. The van der Waals surface area contributed by atoms with Crippen molar-refractivity contribution in [1.29, 1.82) is 0 Å². The summed E-state index contributed by atoms with van der Waals surface area (Å²) in [5, 5.41) is 9.89. The lowest BCUT2D eigenvalue weighted by atomic mass is 10.2. The summed E-state index contributed by atoms with van der Waals surface area (Å²) in [5.74, 6) is -3.16. The summed E-state index contributed by atoms with van der Waals surface area (Å²) in [4.78, 5) is 21.9. The van der Waals surface area contributed by atoms with Gasteiger partial charge < -0.3 is 10.4 Å². The van der Waals surface area contributed by atoms with Gasteiger partial charge >= 0.3 is 5.97 Å². The molecule has 1 atom stereocenters. The van der Waals surface area contributed by atoms with Crippen LogP contribution in [0.25, 0.3) is 0 Å². The van der Waals surface area contributed by atoms with Crippen LogP contribution in [0, 0.1) is 5.82 Å². The summed E-state index contributed by atoms with van der Waals surface area (Å²) < 4.78 is 38.7. The van der Waals surface area contributed by atoms with Crippen molar-refractivity contribution in [1.82, 2.24) is 5.32 Å². The second-order valence-electron chi connectivity index (χ2n) is 4.77. The standard InChI is InChI=1S/C13H14FNO5S/c14-9-7-8(13(17)18)4-5-10(9)21(19,20)11-3-1-2-6-15-12(11)16/h4-5,7,11H,1-3,6H2,(H,15,16)(H,17,18). The van der Waals surface area contributed by atoms with E-state index in [4.69, 9.17) is 5.11 Å². The average Bonchev–Trinajstić information content (AvgIpc) is 2.63. The smallest absolute Gasteiger partial charge is 0.335 e. The number of carboxylic acid groups (broad SMARTS) is 1. The van der Waals surface area contributed by atoms with Crippen molar-refractivity contribution in [3.05, 3.63) is 29.6 Å². The molecule has 1 amide bonds. The van der Waals surface area contributed by atoms with Gasteiger partial charge in [-0.3, -0.25) is 4.79 Å². The van der Waals surface area contributed by atoms with E-state index in [1.54, 1.807) is 0 Å². The molecule has 2 rings (SSSR count). The lowest BCUT2D eigenvalue weighted by Gasteiger charge is -2.15. The van der Waals surface area contributed by atoms with Crippen LogP contribution in [0.1, 0.15) is 29.6 Å². The minimum absolute atomic E-state index is 0.119. The SMILES string of the molecule is O=C(O)c1ccc(S(=O)(=O)C2CCCCNC2=O)c(F)c1. The number of nitrogens with one attached hydrogen (secondary N) is 1. The summed E-state index contributed by atoms with van der Waals surface area (Å²) in [6, 6.07) is 2.54. The molecular formula is C13H14FNO5S. The molecule has 1 aromatic rings. The van der Waals surface area contributed by atoms with E-state index < -0.39 is 37.7 Å². The first-order valence-electron chi connectivity index (χ1n) is 6.38. The summed E-state index contributed by atoms with van der Waals surface area (Å²) in [7, 11) is -4.19. The minimum atomic E-state index is -4.19. The van der Waals surface area contributed by atoms with Crippen molar-refractivity contribution < 1.29 is 27.5 Å². The highest BCUT2D eigenvalue weighted by Crippen LogP contribution is 2.25. The van der Waals surface area contributed by atoms with E-state index in [-0.39, 0.29) is 12.0 Å². The van der Waals surface area contributed by atoms with Crippen LogP contribution in [0.3, 0.4) is 0 Å². The lowest BCUT2D eigenvalue weighted by Crippen LogP contribution is -2.38. The van der Waals surface area contributed by atoms with Gasteiger partial charge in [0, 0.05) is 6.54 Å². The summed E-state index contributed by atoms with van der Waals surface area (Å²) in [5.41, 5.74) is -0.350. The lowest BCUT2D eigenvalue weighted by molar-refractivity contribution is -0.120. The summed E-state index contributed by atoms with van der Waals surface area (Å²) in [6.07, 6.45) is 1.32. The number of carboxylic acids is 1. The molecular weight excluding hydrogens is 301 g/mol. The van der Waals surface area contributed by atoms with Gasteiger partial charge in [0.2, 0.25) is 5.91 Å². The monoisotopic (exact) mass is 315 g/mol. The maximum atomic E-state index is 13.9. The number of carbonyl (C=O) groups is 2. The van der Waals surface area contributed by atoms with Crippen LogP contribution in [-0.2, 0) is 14.6 Å². The maximum Gasteiger partial charge on any atom is 0.335 e. The van der Waals surface area contributed by atoms with Crippen molar-refractivity contribution in [3.63, 3.8) is 0 Å². The number of aromatic carboxylic acids is 1. The van der Waals surface area contributed by atoms with E-state index in [0.717, 1.165) is 12.1 Å². The van der Waals surface area contributed by atoms with Crippen LogP contribution in [0.2, 0.25) is 0 Å². The zero-order valence-corrected chi connectivity index (χ0v) is 11.8. The van der Waals surface area contributed by atoms with Gasteiger partial charge in [-0.1, -0.05) is 0 Å². The molecule has 0 bridgehead atoms. The van der Waals surface area contributed by atoms with Crippen molar-refractivity contribution in [2.45, 2.75) is 29.4 Å². The zero-order valence-electron chi connectivity index (χ0n) is 11.0. The van der Waals surface area contributed by atoms with Crippen LogP contribution >= 0.6 is 0 Å².